The zero-order valence-corrected chi connectivity index (χ0v) is 12.6. The summed E-state index contributed by atoms with van der Waals surface area (Å²) in [5, 5.41) is 5.84. The van der Waals surface area contributed by atoms with Gasteiger partial charge in [-0.05, 0) is 55.3 Å². The van der Waals surface area contributed by atoms with E-state index in [0.717, 1.165) is 17.3 Å². The van der Waals surface area contributed by atoms with Gasteiger partial charge in [-0.25, -0.2) is 4.39 Å². The highest BCUT2D eigenvalue weighted by molar-refractivity contribution is 6.33. The standard InChI is InChI=1S/C16H16ClFN2O/c1-10-3-5-13(7-11(10)2)19-9-16(21)20-15-6-4-12(18)8-14(15)17/h3-8,19H,9H2,1-2H3,(H,20,21). The fourth-order valence-corrected chi connectivity index (χ4v) is 2.03. The lowest BCUT2D eigenvalue weighted by Crippen LogP contribution is -2.22. The highest BCUT2D eigenvalue weighted by atomic mass is 35.5. The average molecular weight is 307 g/mol. The van der Waals surface area contributed by atoms with Crippen LogP contribution in [0.2, 0.25) is 5.02 Å². The number of hydrogen-bond donors (Lipinski definition) is 2. The van der Waals surface area contributed by atoms with Crippen molar-refractivity contribution in [3.8, 4) is 0 Å². The maximum Gasteiger partial charge on any atom is 0.243 e. The average Bonchev–Trinajstić information content (AvgIpc) is 2.43. The second kappa shape index (κ2) is 6.59. The van der Waals surface area contributed by atoms with Gasteiger partial charge in [0.2, 0.25) is 5.91 Å². The van der Waals surface area contributed by atoms with Gasteiger partial charge in [0.05, 0.1) is 17.3 Å². The highest BCUT2D eigenvalue weighted by Crippen LogP contribution is 2.22. The molecule has 0 saturated heterocycles. The molecule has 0 heterocycles. The summed E-state index contributed by atoms with van der Waals surface area (Å²) >= 11 is 5.85. The van der Waals surface area contributed by atoms with Crippen LogP contribution in [0.25, 0.3) is 0 Å². The van der Waals surface area contributed by atoms with E-state index < -0.39 is 5.82 Å². The summed E-state index contributed by atoms with van der Waals surface area (Å²) in [4.78, 5) is 11.8. The van der Waals surface area contributed by atoms with E-state index in [1.165, 1.54) is 17.7 Å². The Morgan fingerprint density at radius 3 is 2.57 bits per heavy atom. The molecule has 21 heavy (non-hydrogen) atoms. The minimum atomic E-state index is -0.439. The van der Waals surface area contributed by atoms with E-state index in [1.54, 1.807) is 0 Å². The van der Waals surface area contributed by atoms with Crippen LogP contribution in [-0.4, -0.2) is 12.5 Å². The molecule has 0 spiro atoms. The largest absolute Gasteiger partial charge is 0.376 e. The van der Waals surface area contributed by atoms with Crippen LogP contribution in [0, 0.1) is 19.7 Å². The molecule has 2 aromatic rings. The highest BCUT2D eigenvalue weighted by Gasteiger charge is 2.07. The third-order valence-electron chi connectivity index (χ3n) is 3.17. The Balaban J connectivity index is 1.94. The van der Waals surface area contributed by atoms with Gasteiger partial charge >= 0.3 is 0 Å². The molecule has 0 radical (unpaired) electrons. The van der Waals surface area contributed by atoms with Gasteiger partial charge in [0.1, 0.15) is 5.82 Å². The number of rotatable bonds is 4. The van der Waals surface area contributed by atoms with Crippen molar-refractivity contribution in [2.75, 3.05) is 17.2 Å². The molecule has 0 aliphatic rings. The molecular weight excluding hydrogens is 291 g/mol. The monoisotopic (exact) mass is 306 g/mol. The summed E-state index contributed by atoms with van der Waals surface area (Å²) < 4.78 is 12.9. The number of hydrogen-bond acceptors (Lipinski definition) is 2. The van der Waals surface area contributed by atoms with Crippen LogP contribution in [0.5, 0.6) is 0 Å². The first-order valence-corrected chi connectivity index (χ1v) is 6.89. The number of carbonyl (C=O) groups excluding carboxylic acids is 1. The van der Waals surface area contributed by atoms with Gasteiger partial charge in [-0.1, -0.05) is 17.7 Å². The van der Waals surface area contributed by atoms with Crippen molar-refractivity contribution < 1.29 is 9.18 Å². The lowest BCUT2D eigenvalue weighted by molar-refractivity contribution is -0.114. The quantitative estimate of drug-likeness (QED) is 0.891. The molecular formula is C16H16ClFN2O. The predicted octanol–water partition coefficient (Wildman–Crippen LogP) is 4.15. The van der Waals surface area contributed by atoms with Crippen LogP contribution >= 0.6 is 11.6 Å². The molecule has 0 bridgehead atoms. The van der Waals surface area contributed by atoms with Crippen molar-refractivity contribution in [2.24, 2.45) is 0 Å². The molecule has 110 valence electrons. The van der Waals surface area contributed by atoms with Crippen molar-refractivity contribution in [2.45, 2.75) is 13.8 Å². The zero-order valence-electron chi connectivity index (χ0n) is 11.8. The third-order valence-corrected chi connectivity index (χ3v) is 3.48. The molecule has 0 atom stereocenters. The third kappa shape index (κ3) is 4.20. The smallest absolute Gasteiger partial charge is 0.243 e. The lowest BCUT2D eigenvalue weighted by atomic mass is 10.1. The van der Waals surface area contributed by atoms with E-state index in [-0.39, 0.29) is 17.5 Å². The second-order valence-electron chi connectivity index (χ2n) is 4.82. The number of halogens is 2. The van der Waals surface area contributed by atoms with Crippen LogP contribution in [0.1, 0.15) is 11.1 Å². The van der Waals surface area contributed by atoms with Crippen LogP contribution in [0.4, 0.5) is 15.8 Å². The van der Waals surface area contributed by atoms with Crippen LogP contribution in [0.15, 0.2) is 36.4 Å². The fraction of sp³-hybridized carbons (Fsp3) is 0.188. The topological polar surface area (TPSA) is 41.1 Å². The molecule has 0 fully saturated rings. The van der Waals surface area contributed by atoms with Gasteiger partial charge in [0.15, 0.2) is 0 Å². The Morgan fingerprint density at radius 2 is 1.90 bits per heavy atom. The molecule has 5 heteroatoms. The summed E-state index contributed by atoms with van der Waals surface area (Å²) in [6.07, 6.45) is 0. The number of amides is 1. The van der Waals surface area contributed by atoms with Gasteiger partial charge in [0.25, 0.3) is 0 Å². The molecule has 0 aliphatic carbocycles. The Kier molecular flexibility index (Phi) is 4.81. The van der Waals surface area contributed by atoms with Gasteiger partial charge in [-0.3, -0.25) is 4.79 Å². The normalized spacial score (nSPS) is 10.3. The van der Waals surface area contributed by atoms with Gasteiger partial charge < -0.3 is 10.6 Å². The molecule has 0 unspecified atom stereocenters. The first kappa shape index (κ1) is 15.3. The van der Waals surface area contributed by atoms with Crippen molar-refractivity contribution in [1.82, 2.24) is 0 Å². The molecule has 0 saturated carbocycles. The Morgan fingerprint density at radius 1 is 1.14 bits per heavy atom. The minimum absolute atomic E-state index is 0.107. The maximum absolute atomic E-state index is 12.9. The fourth-order valence-electron chi connectivity index (χ4n) is 1.82. The molecule has 1 amide bonds. The molecule has 3 nitrogen and oxygen atoms in total. The molecule has 0 aliphatic heterocycles. The Bertz CT molecular complexity index is 673. The first-order chi connectivity index (χ1) is 9.95. The number of carbonyl (C=O) groups is 1. The number of benzene rings is 2. The van der Waals surface area contributed by atoms with Crippen molar-refractivity contribution >= 4 is 28.9 Å². The number of nitrogens with one attached hydrogen (secondary N) is 2. The Labute approximate surface area is 128 Å². The summed E-state index contributed by atoms with van der Waals surface area (Å²) in [6, 6.07) is 9.73. The molecule has 2 aromatic carbocycles. The van der Waals surface area contributed by atoms with Crippen molar-refractivity contribution in [1.29, 1.82) is 0 Å². The van der Waals surface area contributed by atoms with E-state index in [1.807, 2.05) is 32.0 Å². The second-order valence-corrected chi connectivity index (χ2v) is 5.23. The summed E-state index contributed by atoms with van der Waals surface area (Å²) in [6.45, 7) is 4.15. The number of anilines is 2. The first-order valence-electron chi connectivity index (χ1n) is 6.52. The van der Waals surface area contributed by atoms with Crippen LogP contribution in [-0.2, 0) is 4.79 Å². The maximum atomic E-state index is 12.9. The van der Waals surface area contributed by atoms with Gasteiger partial charge in [-0.15, -0.1) is 0 Å². The van der Waals surface area contributed by atoms with Crippen molar-refractivity contribution in [3.05, 3.63) is 58.4 Å². The lowest BCUT2D eigenvalue weighted by Gasteiger charge is -2.10. The summed E-state index contributed by atoms with van der Waals surface area (Å²) in [5.41, 5.74) is 3.62. The summed E-state index contributed by atoms with van der Waals surface area (Å²) in [7, 11) is 0. The molecule has 0 aromatic heterocycles. The van der Waals surface area contributed by atoms with Gasteiger partial charge in [-0.2, -0.15) is 0 Å². The number of aryl methyl sites for hydroxylation is 2. The Hall–Kier alpha value is -2.07. The molecule has 2 N–H and O–H groups in total. The van der Waals surface area contributed by atoms with E-state index in [4.69, 9.17) is 11.6 Å². The van der Waals surface area contributed by atoms with Gasteiger partial charge in [0, 0.05) is 5.69 Å². The van der Waals surface area contributed by atoms with Crippen LogP contribution < -0.4 is 10.6 Å². The van der Waals surface area contributed by atoms with Crippen LogP contribution in [0.3, 0.4) is 0 Å². The predicted molar refractivity (Wildman–Crippen MR) is 84.4 cm³/mol. The van der Waals surface area contributed by atoms with E-state index >= 15 is 0 Å². The van der Waals surface area contributed by atoms with E-state index in [0.29, 0.717) is 5.69 Å². The van der Waals surface area contributed by atoms with Crippen molar-refractivity contribution in [3.63, 3.8) is 0 Å². The minimum Gasteiger partial charge on any atom is -0.376 e. The zero-order chi connectivity index (χ0) is 15.4. The SMILES string of the molecule is Cc1ccc(NCC(=O)Nc2ccc(F)cc2Cl)cc1C. The van der Waals surface area contributed by atoms with E-state index in [9.17, 15) is 9.18 Å². The molecule has 2 rings (SSSR count). The summed E-state index contributed by atoms with van der Waals surface area (Å²) in [5.74, 6) is -0.687. The van der Waals surface area contributed by atoms with E-state index in [2.05, 4.69) is 10.6 Å².